The van der Waals surface area contributed by atoms with E-state index >= 15 is 0 Å². The van der Waals surface area contributed by atoms with Crippen LogP contribution < -0.4 is 0 Å². The Labute approximate surface area is 90.8 Å². The van der Waals surface area contributed by atoms with Gasteiger partial charge in [0.05, 0.1) is 18.7 Å². The summed E-state index contributed by atoms with van der Waals surface area (Å²) in [6.45, 7) is -0.342. The molecule has 0 aromatic heterocycles. The topological polar surface area (TPSA) is 93.4 Å². The lowest BCUT2D eigenvalue weighted by molar-refractivity contribution is -0.0732. The quantitative estimate of drug-likeness (QED) is 0.477. The molecule has 0 aromatic carbocycles. The summed E-state index contributed by atoms with van der Waals surface area (Å²) in [5.74, 6) is 0.457. The van der Waals surface area contributed by atoms with Gasteiger partial charge >= 0.3 is 0 Å². The smallest absolute Gasteiger partial charge is 0.168 e. The maximum atomic E-state index is 9.66. The highest BCUT2D eigenvalue weighted by molar-refractivity contribution is 8.02. The monoisotopic (exact) mass is 235 g/mol. The molecule has 2 aliphatic rings. The fourth-order valence-electron chi connectivity index (χ4n) is 1.66. The van der Waals surface area contributed by atoms with Gasteiger partial charge in [-0.1, -0.05) is 11.8 Å². The number of aliphatic hydroxyl groups excluding tert-OH is 4. The molecule has 0 amide bonds. The summed E-state index contributed by atoms with van der Waals surface area (Å²) in [5, 5.41) is 37.4. The summed E-state index contributed by atoms with van der Waals surface area (Å²) in [7, 11) is 0. The summed E-state index contributed by atoms with van der Waals surface area (Å²) >= 11 is 1.21. The third-order valence-corrected chi connectivity index (χ3v) is 3.31. The SMILES string of the molecule is OC[C@H]1O[C@@H](N2C=C(O)SC2)[C@H](O)[C@@H]1O. The molecule has 0 saturated carbocycles. The molecule has 1 fully saturated rings. The Morgan fingerprint density at radius 1 is 1.47 bits per heavy atom. The Kier molecular flexibility index (Phi) is 3.08. The van der Waals surface area contributed by atoms with Gasteiger partial charge in [-0.25, -0.2) is 0 Å². The summed E-state index contributed by atoms with van der Waals surface area (Å²) < 4.78 is 5.27. The number of thioether (sulfide) groups is 1. The first kappa shape index (κ1) is 11.0. The fraction of sp³-hybridized carbons (Fsp3) is 0.750. The van der Waals surface area contributed by atoms with Gasteiger partial charge in [0, 0.05) is 0 Å². The second-order valence-electron chi connectivity index (χ2n) is 3.48. The van der Waals surface area contributed by atoms with E-state index in [4.69, 9.17) is 14.9 Å². The fourth-order valence-corrected chi connectivity index (χ4v) is 2.37. The van der Waals surface area contributed by atoms with Crippen molar-refractivity contribution in [3.63, 3.8) is 0 Å². The zero-order chi connectivity index (χ0) is 11.0. The van der Waals surface area contributed by atoms with Crippen LogP contribution in [0.25, 0.3) is 0 Å². The zero-order valence-electron chi connectivity index (χ0n) is 7.85. The first-order valence-electron chi connectivity index (χ1n) is 4.55. The molecule has 0 spiro atoms. The van der Waals surface area contributed by atoms with Gasteiger partial charge in [0.25, 0.3) is 0 Å². The molecule has 0 aromatic rings. The summed E-state index contributed by atoms with van der Waals surface area (Å²) in [6.07, 6.45) is -2.21. The van der Waals surface area contributed by atoms with E-state index in [1.165, 1.54) is 18.0 Å². The van der Waals surface area contributed by atoms with E-state index in [0.29, 0.717) is 5.88 Å². The molecule has 2 aliphatic heterocycles. The molecule has 1 saturated heterocycles. The molecule has 0 unspecified atom stereocenters. The van der Waals surface area contributed by atoms with E-state index < -0.39 is 24.5 Å². The summed E-state index contributed by atoms with van der Waals surface area (Å²) in [4.78, 5) is 1.59. The van der Waals surface area contributed by atoms with Crippen LogP contribution in [0.1, 0.15) is 0 Å². The number of aliphatic hydroxyl groups is 4. The molecule has 86 valence electrons. The van der Waals surface area contributed by atoms with Crippen LogP contribution in [0, 0.1) is 0 Å². The minimum absolute atomic E-state index is 0.146. The van der Waals surface area contributed by atoms with Crippen molar-refractivity contribution in [1.29, 1.82) is 0 Å². The van der Waals surface area contributed by atoms with E-state index in [9.17, 15) is 10.2 Å². The lowest BCUT2D eigenvalue weighted by atomic mass is 10.1. The average molecular weight is 235 g/mol. The van der Waals surface area contributed by atoms with E-state index in [-0.39, 0.29) is 11.7 Å². The van der Waals surface area contributed by atoms with Crippen LogP contribution in [0.4, 0.5) is 0 Å². The standard InChI is InChI=1S/C8H13NO5S/c10-2-4-6(12)7(13)8(14-4)9-1-5(11)15-3-9/h1,4,6-8,10-13H,2-3H2/t4-,6-,7-,8-/m1/s1. The van der Waals surface area contributed by atoms with Crippen LogP contribution in [0.15, 0.2) is 11.3 Å². The number of hydrogen-bond acceptors (Lipinski definition) is 7. The van der Waals surface area contributed by atoms with Gasteiger partial charge in [0.1, 0.15) is 18.3 Å². The normalized spacial score (nSPS) is 41.0. The van der Waals surface area contributed by atoms with Crippen LogP contribution in [0.3, 0.4) is 0 Å². The minimum atomic E-state index is -1.10. The van der Waals surface area contributed by atoms with Gasteiger partial charge in [-0.15, -0.1) is 0 Å². The van der Waals surface area contributed by atoms with Gasteiger partial charge in [0.2, 0.25) is 0 Å². The molecule has 2 heterocycles. The number of nitrogens with zero attached hydrogens (tertiary/aromatic N) is 1. The molecule has 4 N–H and O–H groups in total. The molecular weight excluding hydrogens is 222 g/mol. The summed E-state index contributed by atoms with van der Waals surface area (Å²) in [5.41, 5.74) is 0. The van der Waals surface area contributed by atoms with Crippen LogP contribution in [-0.2, 0) is 4.74 Å². The number of hydrogen-bond donors (Lipinski definition) is 4. The van der Waals surface area contributed by atoms with E-state index in [2.05, 4.69) is 0 Å². The third kappa shape index (κ3) is 1.93. The van der Waals surface area contributed by atoms with Crippen molar-refractivity contribution in [2.24, 2.45) is 0 Å². The van der Waals surface area contributed by atoms with Crippen molar-refractivity contribution in [3.05, 3.63) is 11.3 Å². The highest BCUT2D eigenvalue weighted by Crippen LogP contribution is 2.31. The van der Waals surface area contributed by atoms with E-state index in [1.54, 1.807) is 4.90 Å². The van der Waals surface area contributed by atoms with Crippen molar-refractivity contribution in [1.82, 2.24) is 4.90 Å². The van der Waals surface area contributed by atoms with Gasteiger partial charge in [-0.3, -0.25) is 0 Å². The predicted octanol–water partition coefficient (Wildman–Crippen LogP) is -1.21. The van der Waals surface area contributed by atoms with E-state index in [1.807, 2.05) is 0 Å². The predicted molar refractivity (Wildman–Crippen MR) is 52.8 cm³/mol. The number of ether oxygens (including phenoxy) is 1. The Bertz CT molecular complexity index is 274. The zero-order valence-corrected chi connectivity index (χ0v) is 8.67. The molecule has 2 rings (SSSR count). The van der Waals surface area contributed by atoms with Crippen LogP contribution in [-0.4, -0.2) is 62.3 Å². The van der Waals surface area contributed by atoms with Crippen LogP contribution >= 0.6 is 11.8 Å². The molecule has 0 aliphatic carbocycles. The Morgan fingerprint density at radius 3 is 2.67 bits per heavy atom. The Hall–Kier alpha value is -0.470. The number of rotatable bonds is 2. The van der Waals surface area contributed by atoms with Crippen LogP contribution in [0.5, 0.6) is 0 Å². The maximum Gasteiger partial charge on any atom is 0.168 e. The Balaban J connectivity index is 2.05. The largest absolute Gasteiger partial charge is 0.501 e. The minimum Gasteiger partial charge on any atom is -0.501 e. The maximum absolute atomic E-state index is 9.66. The first-order valence-corrected chi connectivity index (χ1v) is 5.54. The highest BCUT2D eigenvalue weighted by atomic mass is 32.2. The molecule has 4 atom stereocenters. The van der Waals surface area contributed by atoms with Gasteiger partial charge < -0.3 is 30.1 Å². The molecular formula is C8H13NO5S. The molecule has 0 radical (unpaired) electrons. The first-order chi connectivity index (χ1) is 7.13. The van der Waals surface area contributed by atoms with Crippen molar-refractivity contribution >= 4 is 11.8 Å². The lowest BCUT2D eigenvalue weighted by Gasteiger charge is -2.24. The molecule has 0 bridgehead atoms. The average Bonchev–Trinajstić information content (AvgIpc) is 2.74. The highest BCUT2D eigenvalue weighted by Gasteiger charge is 2.45. The van der Waals surface area contributed by atoms with Crippen molar-refractivity contribution < 1.29 is 25.2 Å². The lowest BCUT2D eigenvalue weighted by Crippen LogP contribution is -2.40. The van der Waals surface area contributed by atoms with Gasteiger partial charge in [-0.05, 0) is 0 Å². The van der Waals surface area contributed by atoms with Crippen molar-refractivity contribution in [2.45, 2.75) is 24.5 Å². The molecule has 7 heteroatoms. The van der Waals surface area contributed by atoms with Crippen molar-refractivity contribution in [2.75, 3.05) is 12.5 Å². The molecule has 6 nitrogen and oxygen atoms in total. The Morgan fingerprint density at radius 2 is 2.20 bits per heavy atom. The van der Waals surface area contributed by atoms with Gasteiger partial charge in [0.15, 0.2) is 11.3 Å². The second kappa shape index (κ2) is 4.18. The third-order valence-electron chi connectivity index (χ3n) is 2.48. The second-order valence-corrected chi connectivity index (χ2v) is 4.45. The summed E-state index contributed by atoms with van der Waals surface area (Å²) in [6, 6.07) is 0. The van der Waals surface area contributed by atoms with Gasteiger partial charge in [-0.2, -0.15) is 0 Å². The molecule has 15 heavy (non-hydrogen) atoms. The van der Waals surface area contributed by atoms with Crippen LogP contribution in [0.2, 0.25) is 0 Å². The van der Waals surface area contributed by atoms with Crippen molar-refractivity contribution in [3.8, 4) is 0 Å². The van der Waals surface area contributed by atoms with E-state index in [0.717, 1.165) is 0 Å².